The van der Waals surface area contributed by atoms with E-state index in [-0.39, 0.29) is 11.7 Å². The van der Waals surface area contributed by atoms with E-state index < -0.39 is 5.76 Å². The standard InChI is InChI=1S/C28H31N5O3/c1-6-9-25(33-27(17(2)3)29-19(5)31-33)24(18(4)34)16-20-12-14-21(15-13-20)22-10-7-8-11-23(22)26-30-28(35)36-32-26/h7-8,10-15,17H,6,9,16H2,1-5H3,(H,30,32,35)/b25-24-. The fourth-order valence-corrected chi connectivity index (χ4v) is 4.35. The topological polar surface area (TPSA) is 107 Å². The number of hydrogen-bond donors (Lipinski definition) is 1. The zero-order chi connectivity index (χ0) is 25.8. The van der Waals surface area contributed by atoms with Gasteiger partial charge in [-0.2, -0.15) is 5.10 Å². The highest BCUT2D eigenvalue weighted by molar-refractivity contribution is 5.99. The number of nitrogens with one attached hydrogen (secondary N) is 1. The molecule has 0 spiro atoms. The molecule has 4 rings (SSSR count). The number of ketones is 1. The first-order valence-corrected chi connectivity index (χ1v) is 12.2. The van der Waals surface area contributed by atoms with Crippen LogP contribution in [0.15, 0.2) is 63.4 Å². The van der Waals surface area contributed by atoms with Crippen LogP contribution in [0.4, 0.5) is 0 Å². The van der Waals surface area contributed by atoms with Gasteiger partial charge in [0.1, 0.15) is 11.6 Å². The monoisotopic (exact) mass is 485 g/mol. The fourth-order valence-electron chi connectivity index (χ4n) is 4.35. The van der Waals surface area contributed by atoms with Crippen molar-refractivity contribution in [3.05, 3.63) is 81.9 Å². The number of rotatable bonds is 9. The molecule has 0 atom stereocenters. The van der Waals surface area contributed by atoms with Crippen molar-refractivity contribution in [2.24, 2.45) is 0 Å². The van der Waals surface area contributed by atoms with Crippen molar-refractivity contribution in [2.45, 2.75) is 59.8 Å². The van der Waals surface area contributed by atoms with Crippen molar-refractivity contribution in [3.8, 4) is 22.5 Å². The van der Waals surface area contributed by atoms with Crippen molar-refractivity contribution in [1.29, 1.82) is 0 Å². The van der Waals surface area contributed by atoms with Crippen molar-refractivity contribution in [3.63, 3.8) is 0 Å². The predicted octanol–water partition coefficient (Wildman–Crippen LogP) is 5.56. The Morgan fingerprint density at radius 2 is 1.78 bits per heavy atom. The van der Waals surface area contributed by atoms with E-state index in [9.17, 15) is 9.59 Å². The largest absolute Gasteiger partial charge is 0.439 e. The van der Waals surface area contributed by atoms with Gasteiger partial charge in [-0.25, -0.2) is 14.5 Å². The van der Waals surface area contributed by atoms with E-state index in [2.05, 4.69) is 45.5 Å². The van der Waals surface area contributed by atoms with Gasteiger partial charge < -0.3 is 0 Å². The zero-order valence-corrected chi connectivity index (χ0v) is 21.3. The van der Waals surface area contributed by atoms with Crippen LogP contribution in [0.3, 0.4) is 0 Å². The maximum atomic E-state index is 12.9. The summed E-state index contributed by atoms with van der Waals surface area (Å²) in [5.74, 6) is 1.58. The van der Waals surface area contributed by atoms with Crippen LogP contribution in [0, 0.1) is 6.92 Å². The summed E-state index contributed by atoms with van der Waals surface area (Å²) >= 11 is 0. The molecule has 2 aromatic carbocycles. The minimum atomic E-state index is -0.593. The SMILES string of the molecule is CCC/C(=C(\Cc1ccc(-c2ccccc2-c2noc(=O)[nH]2)cc1)C(C)=O)n1nc(C)nc1C(C)C. The number of benzene rings is 2. The molecule has 0 radical (unpaired) electrons. The molecule has 0 aliphatic rings. The Hall–Kier alpha value is -4.07. The lowest BCUT2D eigenvalue weighted by molar-refractivity contribution is -0.113. The lowest BCUT2D eigenvalue weighted by atomic mass is 9.94. The molecule has 8 nitrogen and oxygen atoms in total. The van der Waals surface area contributed by atoms with E-state index in [0.29, 0.717) is 18.1 Å². The molecule has 0 bridgehead atoms. The Morgan fingerprint density at radius 3 is 2.36 bits per heavy atom. The van der Waals surface area contributed by atoms with E-state index in [1.165, 1.54) is 0 Å². The molecule has 0 fully saturated rings. The maximum absolute atomic E-state index is 12.9. The van der Waals surface area contributed by atoms with Crippen LogP contribution in [-0.4, -0.2) is 30.7 Å². The first-order valence-electron chi connectivity index (χ1n) is 12.2. The molecule has 186 valence electrons. The summed E-state index contributed by atoms with van der Waals surface area (Å²) in [5.41, 5.74) is 5.34. The van der Waals surface area contributed by atoms with Gasteiger partial charge in [0.25, 0.3) is 0 Å². The summed E-state index contributed by atoms with van der Waals surface area (Å²) in [6.07, 6.45) is 2.13. The Balaban J connectivity index is 1.71. The second-order valence-electron chi connectivity index (χ2n) is 9.18. The van der Waals surface area contributed by atoms with E-state index in [1.54, 1.807) is 6.92 Å². The lowest BCUT2D eigenvalue weighted by Crippen LogP contribution is -2.14. The van der Waals surface area contributed by atoms with E-state index in [0.717, 1.165) is 52.2 Å². The van der Waals surface area contributed by atoms with Gasteiger partial charge in [0.05, 0.1) is 5.70 Å². The average Bonchev–Trinajstić information content (AvgIpc) is 3.47. The van der Waals surface area contributed by atoms with E-state index in [4.69, 9.17) is 0 Å². The molecule has 36 heavy (non-hydrogen) atoms. The lowest BCUT2D eigenvalue weighted by Gasteiger charge is -2.17. The fraction of sp³-hybridized carbons (Fsp3) is 0.321. The number of H-pyrrole nitrogens is 1. The molecule has 1 N–H and O–H groups in total. The molecule has 0 saturated carbocycles. The van der Waals surface area contributed by atoms with Crippen molar-refractivity contribution >= 4 is 11.5 Å². The number of aromatic nitrogens is 5. The van der Waals surface area contributed by atoms with Crippen LogP contribution in [0.25, 0.3) is 28.2 Å². The number of aromatic amines is 1. The van der Waals surface area contributed by atoms with Crippen LogP contribution in [0.5, 0.6) is 0 Å². The Kier molecular flexibility index (Phi) is 7.43. The molecule has 8 heteroatoms. The molecule has 2 heterocycles. The molecule has 0 unspecified atom stereocenters. The van der Waals surface area contributed by atoms with Crippen LogP contribution in [0.2, 0.25) is 0 Å². The van der Waals surface area contributed by atoms with Gasteiger partial charge in [0.15, 0.2) is 11.6 Å². The molecule has 2 aromatic heterocycles. The molecular weight excluding hydrogens is 454 g/mol. The van der Waals surface area contributed by atoms with Gasteiger partial charge in [-0.05, 0) is 37.0 Å². The quantitative estimate of drug-likeness (QED) is 0.311. The molecular formula is C28H31N5O3. The number of carbonyl (C=O) groups excluding carboxylic acids is 1. The predicted molar refractivity (Wildman–Crippen MR) is 139 cm³/mol. The molecule has 0 aliphatic carbocycles. The normalized spacial score (nSPS) is 12.2. The molecule has 4 aromatic rings. The molecule has 0 aliphatic heterocycles. The second kappa shape index (κ2) is 10.7. The zero-order valence-electron chi connectivity index (χ0n) is 21.3. The number of hydrogen-bond acceptors (Lipinski definition) is 6. The third-order valence-electron chi connectivity index (χ3n) is 6.04. The maximum Gasteiger partial charge on any atom is 0.439 e. The first-order chi connectivity index (χ1) is 17.3. The summed E-state index contributed by atoms with van der Waals surface area (Å²) in [7, 11) is 0. The van der Waals surface area contributed by atoms with Gasteiger partial charge >= 0.3 is 5.76 Å². The van der Waals surface area contributed by atoms with E-state index in [1.807, 2.05) is 60.1 Å². The third-order valence-corrected chi connectivity index (χ3v) is 6.04. The smallest absolute Gasteiger partial charge is 0.296 e. The van der Waals surface area contributed by atoms with Crippen molar-refractivity contribution in [1.82, 2.24) is 24.9 Å². The summed E-state index contributed by atoms with van der Waals surface area (Å²) in [6.45, 7) is 9.77. The Bertz CT molecular complexity index is 1450. The minimum absolute atomic E-state index is 0.0331. The van der Waals surface area contributed by atoms with E-state index >= 15 is 0 Å². The summed E-state index contributed by atoms with van der Waals surface area (Å²) in [4.78, 5) is 31.5. The van der Waals surface area contributed by atoms with Gasteiger partial charge in [-0.3, -0.25) is 14.3 Å². The number of aryl methyl sites for hydroxylation is 1. The molecule has 0 saturated heterocycles. The Labute approximate surface area is 210 Å². The number of allylic oxidation sites excluding steroid dienone is 2. The van der Waals surface area contributed by atoms with Crippen molar-refractivity contribution in [2.75, 3.05) is 0 Å². The average molecular weight is 486 g/mol. The second-order valence-corrected chi connectivity index (χ2v) is 9.18. The summed E-state index contributed by atoms with van der Waals surface area (Å²) < 4.78 is 6.57. The highest BCUT2D eigenvalue weighted by atomic mass is 16.5. The van der Waals surface area contributed by atoms with Crippen LogP contribution in [-0.2, 0) is 11.2 Å². The highest BCUT2D eigenvalue weighted by Gasteiger charge is 2.20. The first kappa shape index (κ1) is 25.0. The van der Waals surface area contributed by atoms with Gasteiger partial charge in [-0.1, -0.05) is 80.9 Å². The van der Waals surface area contributed by atoms with Gasteiger partial charge in [0.2, 0.25) is 0 Å². The number of Topliss-reactive ketones (excluding diaryl/α,β-unsaturated/α-hetero) is 1. The molecule has 0 amide bonds. The highest BCUT2D eigenvalue weighted by Crippen LogP contribution is 2.31. The van der Waals surface area contributed by atoms with Gasteiger partial charge in [0, 0.05) is 23.5 Å². The van der Waals surface area contributed by atoms with Crippen LogP contribution in [0.1, 0.15) is 63.7 Å². The van der Waals surface area contributed by atoms with Crippen molar-refractivity contribution < 1.29 is 9.32 Å². The Morgan fingerprint density at radius 1 is 1.08 bits per heavy atom. The van der Waals surface area contributed by atoms with Gasteiger partial charge in [-0.15, -0.1) is 0 Å². The minimum Gasteiger partial charge on any atom is -0.296 e. The van der Waals surface area contributed by atoms with Crippen LogP contribution >= 0.6 is 0 Å². The van der Waals surface area contributed by atoms with Crippen LogP contribution < -0.4 is 5.76 Å². The third kappa shape index (κ3) is 5.27. The number of carbonyl (C=O) groups is 1. The summed E-state index contributed by atoms with van der Waals surface area (Å²) in [6, 6.07) is 15.8. The summed E-state index contributed by atoms with van der Waals surface area (Å²) in [5, 5.41) is 8.48. The number of nitrogens with zero attached hydrogens (tertiary/aromatic N) is 4.